The first-order chi connectivity index (χ1) is 12.9. The van der Waals surface area contributed by atoms with Crippen LogP contribution in [-0.4, -0.2) is 36.1 Å². The molecular weight excluding hydrogens is 400 g/mol. The number of thioether (sulfide) groups is 1. The maximum Gasteiger partial charge on any atom is 0.258 e. The summed E-state index contributed by atoms with van der Waals surface area (Å²) in [4.78, 5) is 18.2. The molecule has 1 aromatic heterocycles. The number of carbonyl (C=O) groups excluding carboxylic acids is 1. The zero-order valence-electron chi connectivity index (χ0n) is 14.6. The van der Waals surface area contributed by atoms with E-state index in [4.69, 9.17) is 0 Å². The van der Waals surface area contributed by atoms with Crippen LogP contribution in [0, 0.1) is 6.92 Å². The quantitative estimate of drug-likeness (QED) is 0.689. The molecule has 1 aliphatic rings. The van der Waals surface area contributed by atoms with Crippen molar-refractivity contribution >= 4 is 54.2 Å². The van der Waals surface area contributed by atoms with Crippen LogP contribution in [0.2, 0.25) is 0 Å². The highest BCUT2D eigenvalue weighted by atomic mass is 32.2. The zero-order valence-corrected chi connectivity index (χ0v) is 17.1. The average molecular weight is 419 g/mol. The van der Waals surface area contributed by atoms with Crippen LogP contribution in [0.15, 0.2) is 47.4 Å². The molecule has 0 bridgehead atoms. The standard InChI is InChI=1S/C19H18N2O3S3/c1-12-5-4-8-16-17(12)20-19(26-16)21-18(22)14-6-2-3-7-15(14)25-13-9-10-27(23,24)11-13/h2-8,13H,9-11H2,1H3,(H,20,21,22). The van der Waals surface area contributed by atoms with Gasteiger partial charge in [-0.25, -0.2) is 13.4 Å². The Morgan fingerprint density at radius 1 is 1.22 bits per heavy atom. The molecule has 140 valence electrons. The number of sulfone groups is 1. The van der Waals surface area contributed by atoms with E-state index in [-0.39, 0.29) is 22.7 Å². The van der Waals surface area contributed by atoms with Crippen molar-refractivity contribution in [1.82, 2.24) is 4.98 Å². The van der Waals surface area contributed by atoms with Crippen molar-refractivity contribution in [2.24, 2.45) is 0 Å². The third-order valence-electron chi connectivity index (χ3n) is 4.46. The lowest BCUT2D eigenvalue weighted by Crippen LogP contribution is -2.14. The molecule has 1 amide bonds. The molecule has 1 atom stereocenters. The third kappa shape index (κ3) is 4.02. The number of aromatic nitrogens is 1. The van der Waals surface area contributed by atoms with Gasteiger partial charge < -0.3 is 0 Å². The Labute approximate surface area is 166 Å². The number of para-hydroxylation sites is 1. The number of hydrogen-bond donors (Lipinski definition) is 1. The summed E-state index contributed by atoms with van der Waals surface area (Å²) in [5, 5.41) is 3.45. The van der Waals surface area contributed by atoms with E-state index in [0.29, 0.717) is 17.1 Å². The summed E-state index contributed by atoms with van der Waals surface area (Å²) in [6, 6.07) is 13.3. The predicted octanol–water partition coefficient (Wildman–Crippen LogP) is 4.14. The number of thiazole rings is 1. The smallest absolute Gasteiger partial charge is 0.258 e. The maximum atomic E-state index is 12.8. The van der Waals surface area contributed by atoms with E-state index >= 15 is 0 Å². The number of hydrogen-bond acceptors (Lipinski definition) is 6. The van der Waals surface area contributed by atoms with Crippen molar-refractivity contribution in [3.8, 4) is 0 Å². The Morgan fingerprint density at radius 3 is 2.78 bits per heavy atom. The highest BCUT2D eigenvalue weighted by Gasteiger charge is 2.29. The molecule has 2 aromatic carbocycles. The lowest BCUT2D eigenvalue weighted by Gasteiger charge is -2.11. The fraction of sp³-hybridized carbons (Fsp3) is 0.263. The maximum absolute atomic E-state index is 12.8. The number of fused-ring (bicyclic) bond motifs is 1. The number of anilines is 1. The Bertz CT molecular complexity index is 1120. The Hall–Kier alpha value is -1.90. The molecule has 5 nitrogen and oxygen atoms in total. The number of rotatable bonds is 4. The fourth-order valence-electron chi connectivity index (χ4n) is 3.09. The largest absolute Gasteiger partial charge is 0.298 e. The minimum absolute atomic E-state index is 0.00551. The van der Waals surface area contributed by atoms with Crippen LogP contribution in [-0.2, 0) is 9.84 Å². The van der Waals surface area contributed by atoms with Gasteiger partial charge in [0.15, 0.2) is 15.0 Å². The average Bonchev–Trinajstić information content (AvgIpc) is 3.18. The van der Waals surface area contributed by atoms with E-state index < -0.39 is 9.84 Å². The van der Waals surface area contributed by atoms with Crippen LogP contribution in [0.25, 0.3) is 10.2 Å². The van der Waals surface area contributed by atoms with Crippen LogP contribution in [0.1, 0.15) is 22.3 Å². The third-order valence-corrected chi connectivity index (χ3v) is 8.72. The summed E-state index contributed by atoms with van der Waals surface area (Å²) in [5.74, 6) is 0.171. The highest BCUT2D eigenvalue weighted by Crippen LogP contribution is 2.34. The Kier molecular flexibility index (Phi) is 4.96. The van der Waals surface area contributed by atoms with Gasteiger partial charge in [-0.15, -0.1) is 11.8 Å². The van der Waals surface area contributed by atoms with Crippen molar-refractivity contribution in [3.05, 3.63) is 53.6 Å². The number of benzene rings is 2. The molecule has 27 heavy (non-hydrogen) atoms. The molecular formula is C19H18N2O3S3. The Morgan fingerprint density at radius 2 is 2.04 bits per heavy atom. The van der Waals surface area contributed by atoms with Gasteiger partial charge in [0.05, 0.1) is 27.3 Å². The monoisotopic (exact) mass is 418 g/mol. The lowest BCUT2D eigenvalue weighted by molar-refractivity contribution is 0.102. The second-order valence-electron chi connectivity index (χ2n) is 6.53. The molecule has 1 aliphatic heterocycles. The van der Waals surface area contributed by atoms with Crippen molar-refractivity contribution < 1.29 is 13.2 Å². The number of amides is 1. The molecule has 0 aliphatic carbocycles. The number of aryl methyl sites for hydroxylation is 1. The SMILES string of the molecule is Cc1cccc2sc(NC(=O)c3ccccc3SC3CCS(=O)(=O)C3)nc12. The first-order valence-corrected chi connectivity index (χ1v) is 12.1. The molecule has 0 spiro atoms. The van der Waals surface area contributed by atoms with Crippen LogP contribution in [0.4, 0.5) is 5.13 Å². The van der Waals surface area contributed by atoms with Crippen molar-refractivity contribution in [3.63, 3.8) is 0 Å². The minimum Gasteiger partial charge on any atom is -0.298 e. The second kappa shape index (κ2) is 7.26. The van der Waals surface area contributed by atoms with E-state index in [1.54, 1.807) is 6.07 Å². The van der Waals surface area contributed by atoms with E-state index in [9.17, 15) is 13.2 Å². The molecule has 4 rings (SSSR count). The van der Waals surface area contributed by atoms with E-state index in [1.165, 1.54) is 23.1 Å². The van der Waals surface area contributed by atoms with E-state index in [2.05, 4.69) is 10.3 Å². The summed E-state index contributed by atoms with van der Waals surface area (Å²) in [6.07, 6.45) is 0.625. The molecule has 2 heterocycles. The summed E-state index contributed by atoms with van der Waals surface area (Å²) >= 11 is 2.91. The molecule has 1 N–H and O–H groups in total. The first kappa shape index (κ1) is 18.5. The van der Waals surface area contributed by atoms with Crippen LogP contribution < -0.4 is 5.32 Å². The molecule has 1 fully saturated rings. The first-order valence-electron chi connectivity index (χ1n) is 8.55. The second-order valence-corrected chi connectivity index (χ2v) is 11.1. The van der Waals surface area contributed by atoms with Crippen LogP contribution >= 0.6 is 23.1 Å². The van der Waals surface area contributed by atoms with Gasteiger partial charge in [0, 0.05) is 10.1 Å². The fourth-order valence-corrected chi connectivity index (χ4v) is 7.66. The van der Waals surface area contributed by atoms with Gasteiger partial charge in [-0.05, 0) is 37.1 Å². The summed E-state index contributed by atoms with van der Waals surface area (Å²) in [5.41, 5.74) is 2.52. The highest BCUT2D eigenvalue weighted by molar-refractivity contribution is 8.02. The summed E-state index contributed by atoms with van der Waals surface area (Å²) in [6.45, 7) is 2.00. The Balaban J connectivity index is 1.55. The van der Waals surface area contributed by atoms with Gasteiger partial charge in [-0.1, -0.05) is 35.6 Å². The molecule has 1 unspecified atom stereocenters. The van der Waals surface area contributed by atoms with Crippen LogP contribution in [0.3, 0.4) is 0 Å². The zero-order chi connectivity index (χ0) is 19.0. The number of nitrogens with one attached hydrogen (secondary N) is 1. The normalized spacial score (nSPS) is 18.6. The topological polar surface area (TPSA) is 76.1 Å². The van der Waals surface area contributed by atoms with Crippen molar-refractivity contribution in [2.45, 2.75) is 23.5 Å². The van der Waals surface area contributed by atoms with Gasteiger partial charge in [-0.3, -0.25) is 10.1 Å². The minimum atomic E-state index is -2.95. The molecule has 0 radical (unpaired) electrons. The van der Waals surface area contributed by atoms with Crippen molar-refractivity contribution in [1.29, 1.82) is 0 Å². The predicted molar refractivity (Wildman–Crippen MR) is 112 cm³/mol. The lowest BCUT2D eigenvalue weighted by atomic mass is 10.2. The molecule has 0 saturated carbocycles. The molecule has 3 aromatic rings. The molecule has 8 heteroatoms. The van der Waals surface area contributed by atoms with Gasteiger partial charge in [0.2, 0.25) is 0 Å². The van der Waals surface area contributed by atoms with E-state index in [0.717, 1.165) is 20.7 Å². The summed E-state index contributed by atoms with van der Waals surface area (Å²) in [7, 11) is -2.95. The van der Waals surface area contributed by atoms with Crippen molar-refractivity contribution in [2.75, 3.05) is 16.8 Å². The number of nitrogens with zero attached hydrogens (tertiary/aromatic N) is 1. The van der Waals surface area contributed by atoms with Gasteiger partial charge in [0.25, 0.3) is 5.91 Å². The summed E-state index contributed by atoms with van der Waals surface area (Å²) < 4.78 is 24.4. The van der Waals surface area contributed by atoms with Gasteiger partial charge in [0.1, 0.15) is 0 Å². The number of carbonyl (C=O) groups is 1. The van der Waals surface area contributed by atoms with Gasteiger partial charge >= 0.3 is 0 Å². The molecule has 1 saturated heterocycles. The van der Waals surface area contributed by atoms with E-state index in [1.807, 2.05) is 43.3 Å². The van der Waals surface area contributed by atoms with Gasteiger partial charge in [-0.2, -0.15) is 0 Å². The van der Waals surface area contributed by atoms with Crippen LogP contribution in [0.5, 0.6) is 0 Å².